The smallest absolute Gasteiger partial charge is 0.248 e. The van der Waals surface area contributed by atoms with Crippen LogP contribution in [0.3, 0.4) is 0 Å². The molecule has 27 heavy (non-hydrogen) atoms. The van der Waals surface area contributed by atoms with Crippen molar-refractivity contribution in [3.05, 3.63) is 48.0 Å². The van der Waals surface area contributed by atoms with Gasteiger partial charge in [-0.2, -0.15) is 0 Å². The normalized spacial score (nSPS) is 12.5. The Bertz CT molecular complexity index is 857. The maximum atomic E-state index is 12.1. The van der Waals surface area contributed by atoms with Gasteiger partial charge in [-0.15, -0.1) is 0 Å². The third-order valence-corrected chi connectivity index (χ3v) is 3.75. The van der Waals surface area contributed by atoms with E-state index in [1.807, 2.05) is 0 Å². The Labute approximate surface area is 156 Å². The number of anilines is 2. The number of nitrogens with one attached hydrogen (secondary N) is 2. The van der Waals surface area contributed by atoms with Crippen molar-refractivity contribution in [2.24, 2.45) is 0 Å². The highest BCUT2D eigenvalue weighted by Gasteiger charge is 2.17. The second kappa shape index (κ2) is 8.27. The highest BCUT2D eigenvalue weighted by Crippen LogP contribution is 2.40. The number of hydrogen-bond donors (Lipinski definition) is 2. The largest absolute Gasteiger partial charge is 0.493 e. The Kier molecular flexibility index (Phi) is 5.61. The molecule has 2 amide bonds. The van der Waals surface area contributed by atoms with Crippen LogP contribution in [-0.2, 0) is 9.59 Å². The van der Waals surface area contributed by atoms with Crippen LogP contribution >= 0.6 is 0 Å². The van der Waals surface area contributed by atoms with Crippen LogP contribution in [0.4, 0.5) is 11.4 Å². The Hall–Kier alpha value is -3.48. The van der Waals surface area contributed by atoms with E-state index in [0.29, 0.717) is 41.8 Å². The van der Waals surface area contributed by atoms with E-state index < -0.39 is 0 Å². The van der Waals surface area contributed by atoms with E-state index in [-0.39, 0.29) is 11.8 Å². The highest BCUT2D eigenvalue weighted by molar-refractivity contribution is 6.02. The molecule has 0 aliphatic carbocycles. The van der Waals surface area contributed by atoms with Crippen molar-refractivity contribution < 1.29 is 23.8 Å². The third kappa shape index (κ3) is 4.78. The van der Waals surface area contributed by atoms with Crippen molar-refractivity contribution in [1.29, 1.82) is 0 Å². The summed E-state index contributed by atoms with van der Waals surface area (Å²) in [6.45, 7) is 2.38. The number of hydrogen-bond acceptors (Lipinski definition) is 5. The van der Waals surface area contributed by atoms with E-state index in [0.717, 1.165) is 5.56 Å². The van der Waals surface area contributed by atoms with Crippen LogP contribution in [0, 0.1) is 0 Å². The molecular formula is C20H20N2O5. The molecule has 0 saturated carbocycles. The topological polar surface area (TPSA) is 85.9 Å². The average Bonchev–Trinajstić information content (AvgIpc) is 2.67. The van der Waals surface area contributed by atoms with Crippen LogP contribution in [0.25, 0.3) is 6.08 Å². The Morgan fingerprint density at radius 2 is 1.70 bits per heavy atom. The second-order valence-corrected chi connectivity index (χ2v) is 5.83. The van der Waals surface area contributed by atoms with Gasteiger partial charge in [0, 0.05) is 24.4 Å². The van der Waals surface area contributed by atoms with E-state index in [1.54, 1.807) is 49.6 Å². The van der Waals surface area contributed by atoms with Crippen molar-refractivity contribution in [2.45, 2.75) is 6.92 Å². The van der Waals surface area contributed by atoms with Crippen LogP contribution in [0.5, 0.6) is 17.2 Å². The lowest BCUT2D eigenvalue weighted by Crippen LogP contribution is -2.16. The highest BCUT2D eigenvalue weighted by atomic mass is 16.6. The van der Waals surface area contributed by atoms with Crippen molar-refractivity contribution in [3.63, 3.8) is 0 Å². The first-order valence-corrected chi connectivity index (χ1v) is 8.39. The number of methoxy groups -OCH3 is 1. The first-order valence-electron chi connectivity index (χ1n) is 8.39. The van der Waals surface area contributed by atoms with Gasteiger partial charge in [-0.25, -0.2) is 0 Å². The SMILES string of the molecule is COc1cc(C=CC(=O)Nc2ccc(NC(C)=O)cc2)cc2c1OCCO2. The van der Waals surface area contributed by atoms with E-state index in [2.05, 4.69) is 10.6 Å². The number of amides is 2. The predicted octanol–water partition coefficient (Wildman–Crippen LogP) is 3.08. The molecule has 2 aromatic carbocycles. The first-order chi connectivity index (χ1) is 13.0. The summed E-state index contributed by atoms with van der Waals surface area (Å²) in [5.41, 5.74) is 2.05. The maximum Gasteiger partial charge on any atom is 0.248 e. The minimum atomic E-state index is -0.281. The quantitative estimate of drug-likeness (QED) is 0.792. The second-order valence-electron chi connectivity index (χ2n) is 5.83. The molecule has 0 bridgehead atoms. The van der Waals surface area contributed by atoms with E-state index in [9.17, 15) is 9.59 Å². The number of fused-ring (bicyclic) bond motifs is 1. The number of benzene rings is 2. The molecule has 0 aromatic heterocycles. The number of carbonyl (C=O) groups excluding carboxylic acids is 2. The molecule has 0 fully saturated rings. The van der Waals surface area contributed by atoms with E-state index in [1.165, 1.54) is 13.0 Å². The number of carbonyl (C=O) groups is 2. The summed E-state index contributed by atoms with van der Waals surface area (Å²) >= 11 is 0. The Balaban J connectivity index is 1.67. The Morgan fingerprint density at radius 1 is 1.04 bits per heavy atom. The fraction of sp³-hybridized carbons (Fsp3) is 0.200. The molecule has 0 atom stereocenters. The number of ether oxygens (including phenoxy) is 3. The van der Waals surface area contributed by atoms with Crippen LogP contribution in [0.2, 0.25) is 0 Å². The molecule has 2 N–H and O–H groups in total. The molecule has 2 aromatic rings. The molecule has 1 aliphatic rings. The molecule has 7 nitrogen and oxygen atoms in total. The molecule has 7 heteroatoms. The third-order valence-electron chi connectivity index (χ3n) is 3.75. The molecule has 0 saturated heterocycles. The van der Waals surface area contributed by atoms with Crippen molar-refractivity contribution in [2.75, 3.05) is 31.0 Å². The van der Waals surface area contributed by atoms with E-state index >= 15 is 0 Å². The summed E-state index contributed by atoms with van der Waals surface area (Å²) in [6.07, 6.45) is 3.09. The van der Waals surface area contributed by atoms with Gasteiger partial charge in [0.05, 0.1) is 7.11 Å². The van der Waals surface area contributed by atoms with Gasteiger partial charge in [-0.3, -0.25) is 9.59 Å². The molecule has 3 rings (SSSR count). The van der Waals surface area contributed by atoms with Gasteiger partial charge >= 0.3 is 0 Å². The summed E-state index contributed by atoms with van der Waals surface area (Å²) < 4.78 is 16.5. The molecule has 1 heterocycles. The molecule has 1 aliphatic heterocycles. The van der Waals surface area contributed by atoms with Crippen LogP contribution in [0.1, 0.15) is 12.5 Å². The summed E-state index contributed by atoms with van der Waals surface area (Å²) in [4.78, 5) is 23.2. The predicted molar refractivity (Wildman–Crippen MR) is 102 cm³/mol. The zero-order valence-corrected chi connectivity index (χ0v) is 15.1. The zero-order valence-electron chi connectivity index (χ0n) is 15.1. The summed E-state index contributed by atoms with van der Waals surface area (Å²) in [7, 11) is 1.55. The minimum Gasteiger partial charge on any atom is -0.493 e. The van der Waals surface area contributed by atoms with Crippen LogP contribution in [0.15, 0.2) is 42.5 Å². The molecule has 0 radical (unpaired) electrons. The number of rotatable bonds is 5. The van der Waals surface area contributed by atoms with E-state index in [4.69, 9.17) is 14.2 Å². The molecular weight excluding hydrogens is 348 g/mol. The molecule has 140 valence electrons. The lowest BCUT2D eigenvalue weighted by atomic mass is 10.1. The minimum absolute atomic E-state index is 0.149. The monoisotopic (exact) mass is 368 g/mol. The summed E-state index contributed by atoms with van der Waals surface area (Å²) in [5.74, 6) is 1.29. The van der Waals surface area contributed by atoms with Crippen LogP contribution in [-0.4, -0.2) is 32.1 Å². The fourth-order valence-corrected chi connectivity index (χ4v) is 2.59. The summed E-state index contributed by atoms with van der Waals surface area (Å²) in [5, 5.41) is 5.43. The van der Waals surface area contributed by atoms with Gasteiger partial charge in [0.1, 0.15) is 13.2 Å². The molecule has 0 unspecified atom stereocenters. The standard InChI is InChI=1S/C20H20N2O5/c1-13(23)21-15-4-6-16(7-5-15)22-19(24)8-3-14-11-17(25-2)20-18(12-14)26-9-10-27-20/h3-8,11-12H,9-10H2,1-2H3,(H,21,23)(H,22,24). The lowest BCUT2D eigenvalue weighted by molar-refractivity contribution is -0.114. The van der Waals surface area contributed by atoms with Crippen LogP contribution < -0.4 is 24.8 Å². The maximum absolute atomic E-state index is 12.1. The summed E-state index contributed by atoms with van der Waals surface area (Å²) in [6, 6.07) is 10.4. The lowest BCUT2D eigenvalue weighted by Gasteiger charge is -2.20. The van der Waals surface area contributed by atoms with Gasteiger partial charge < -0.3 is 24.8 Å². The van der Waals surface area contributed by atoms with Gasteiger partial charge in [0.15, 0.2) is 11.5 Å². The van der Waals surface area contributed by atoms with Crippen molar-refractivity contribution in [1.82, 2.24) is 0 Å². The zero-order chi connectivity index (χ0) is 19.2. The Morgan fingerprint density at radius 3 is 2.37 bits per heavy atom. The fourth-order valence-electron chi connectivity index (χ4n) is 2.59. The van der Waals surface area contributed by atoms with Crippen molar-refractivity contribution in [3.8, 4) is 17.2 Å². The van der Waals surface area contributed by atoms with Gasteiger partial charge in [-0.05, 0) is 48.0 Å². The average molecular weight is 368 g/mol. The van der Waals surface area contributed by atoms with Crippen molar-refractivity contribution >= 4 is 29.3 Å². The molecule has 0 spiro atoms. The van der Waals surface area contributed by atoms with Gasteiger partial charge in [0.25, 0.3) is 0 Å². The van der Waals surface area contributed by atoms with Gasteiger partial charge in [0.2, 0.25) is 17.6 Å². The first kappa shape index (κ1) is 18.3. The van der Waals surface area contributed by atoms with Gasteiger partial charge in [-0.1, -0.05) is 0 Å².